The SMILES string of the molecule is C=C1C(=O)C[C@]2(C(=O)N(Cc3ccccc3)c3c(Br)cccc32)C1(C)C. The first-order valence-electron chi connectivity index (χ1n) is 8.68. The van der Waals surface area contributed by atoms with Gasteiger partial charge in [-0.3, -0.25) is 9.59 Å². The molecule has 3 nitrogen and oxygen atoms in total. The van der Waals surface area contributed by atoms with Gasteiger partial charge in [-0.05, 0) is 38.7 Å². The number of hydrogen-bond donors (Lipinski definition) is 0. The Labute approximate surface area is 161 Å². The second kappa shape index (κ2) is 5.65. The van der Waals surface area contributed by atoms with E-state index in [0.29, 0.717) is 12.1 Å². The molecule has 2 aromatic carbocycles. The summed E-state index contributed by atoms with van der Waals surface area (Å²) in [4.78, 5) is 28.2. The third-order valence-electron chi connectivity index (χ3n) is 6.09. The monoisotopic (exact) mass is 409 g/mol. The highest BCUT2D eigenvalue weighted by Gasteiger charge is 2.65. The smallest absolute Gasteiger partial charge is 0.239 e. The largest absolute Gasteiger partial charge is 0.306 e. The number of benzene rings is 2. The van der Waals surface area contributed by atoms with Gasteiger partial charge < -0.3 is 4.90 Å². The topological polar surface area (TPSA) is 37.4 Å². The van der Waals surface area contributed by atoms with Crippen molar-refractivity contribution >= 4 is 33.3 Å². The van der Waals surface area contributed by atoms with Gasteiger partial charge in [-0.2, -0.15) is 0 Å². The quantitative estimate of drug-likeness (QED) is 0.668. The van der Waals surface area contributed by atoms with E-state index in [1.54, 1.807) is 0 Å². The van der Waals surface area contributed by atoms with E-state index >= 15 is 0 Å². The molecule has 1 saturated carbocycles. The van der Waals surface area contributed by atoms with Crippen LogP contribution in [-0.2, 0) is 21.5 Å². The number of amides is 1. The lowest BCUT2D eigenvalue weighted by molar-refractivity contribution is -0.127. The van der Waals surface area contributed by atoms with Crippen LogP contribution in [0.4, 0.5) is 5.69 Å². The summed E-state index contributed by atoms with van der Waals surface area (Å²) in [5, 5.41) is 0. The van der Waals surface area contributed by atoms with E-state index in [9.17, 15) is 9.59 Å². The minimum Gasteiger partial charge on any atom is -0.306 e. The maximum absolute atomic E-state index is 13.8. The van der Waals surface area contributed by atoms with Crippen LogP contribution in [0.1, 0.15) is 31.4 Å². The molecule has 2 aromatic rings. The van der Waals surface area contributed by atoms with Gasteiger partial charge in [0, 0.05) is 16.3 Å². The number of fused-ring (bicyclic) bond motifs is 2. The van der Waals surface area contributed by atoms with Crippen molar-refractivity contribution in [1.82, 2.24) is 0 Å². The highest BCUT2D eigenvalue weighted by molar-refractivity contribution is 9.10. The van der Waals surface area contributed by atoms with Crippen molar-refractivity contribution in [3.8, 4) is 0 Å². The maximum atomic E-state index is 13.8. The standard InChI is InChI=1S/C22H20BrNO2/c1-14-18(25)12-22(21(14,2)3)16-10-7-11-17(23)19(16)24(20(22)26)13-15-8-5-4-6-9-15/h4-11H,1,12-13H2,2-3H3/t22-/m0/s1. The minimum atomic E-state index is -0.880. The summed E-state index contributed by atoms with van der Waals surface area (Å²) < 4.78 is 0.872. The number of allylic oxidation sites excluding steroid dienone is 1. The zero-order valence-electron chi connectivity index (χ0n) is 14.9. The van der Waals surface area contributed by atoms with Crippen LogP contribution in [-0.4, -0.2) is 11.7 Å². The van der Waals surface area contributed by atoms with Crippen LogP contribution < -0.4 is 4.90 Å². The van der Waals surface area contributed by atoms with Crippen molar-refractivity contribution in [2.45, 2.75) is 32.2 Å². The first-order valence-corrected chi connectivity index (χ1v) is 9.47. The molecule has 0 bridgehead atoms. The maximum Gasteiger partial charge on any atom is 0.239 e. The molecule has 1 aliphatic heterocycles. The number of hydrogen-bond acceptors (Lipinski definition) is 2. The summed E-state index contributed by atoms with van der Waals surface area (Å²) in [6.07, 6.45) is 0.187. The number of anilines is 1. The van der Waals surface area contributed by atoms with Gasteiger partial charge in [0.05, 0.1) is 17.6 Å². The van der Waals surface area contributed by atoms with Crippen LogP contribution in [0.2, 0.25) is 0 Å². The Balaban J connectivity index is 1.93. The molecule has 132 valence electrons. The van der Waals surface area contributed by atoms with Crippen LogP contribution in [0.25, 0.3) is 0 Å². The van der Waals surface area contributed by atoms with Crippen molar-refractivity contribution in [3.05, 3.63) is 76.3 Å². The number of nitrogens with zero attached hydrogens (tertiary/aromatic N) is 1. The molecule has 1 fully saturated rings. The first-order chi connectivity index (χ1) is 12.3. The zero-order chi connectivity index (χ0) is 18.7. The summed E-state index contributed by atoms with van der Waals surface area (Å²) in [7, 11) is 0. The fraction of sp³-hybridized carbons (Fsp3) is 0.273. The van der Waals surface area contributed by atoms with E-state index in [1.165, 1.54) is 0 Å². The number of carbonyl (C=O) groups is 2. The predicted octanol–water partition coefficient (Wildman–Crippen LogP) is 4.79. The minimum absolute atomic E-state index is 0.0137. The average molecular weight is 410 g/mol. The van der Waals surface area contributed by atoms with Crippen LogP contribution in [0.5, 0.6) is 0 Å². The second-order valence-corrected chi connectivity index (χ2v) is 8.48. The van der Waals surface area contributed by atoms with Crippen LogP contribution in [0, 0.1) is 5.41 Å². The van der Waals surface area contributed by atoms with Crippen LogP contribution in [0.3, 0.4) is 0 Å². The third-order valence-corrected chi connectivity index (χ3v) is 6.73. The second-order valence-electron chi connectivity index (χ2n) is 7.62. The van der Waals surface area contributed by atoms with Crippen molar-refractivity contribution in [2.75, 3.05) is 4.90 Å². The number of ketones is 1. The van der Waals surface area contributed by atoms with Crippen molar-refractivity contribution in [3.63, 3.8) is 0 Å². The van der Waals surface area contributed by atoms with Crippen LogP contribution in [0.15, 0.2) is 65.2 Å². The molecule has 4 rings (SSSR count). The highest BCUT2D eigenvalue weighted by atomic mass is 79.9. The van der Waals surface area contributed by atoms with E-state index in [-0.39, 0.29) is 18.1 Å². The van der Waals surface area contributed by atoms with Crippen molar-refractivity contribution in [1.29, 1.82) is 0 Å². The highest BCUT2D eigenvalue weighted by Crippen LogP contribution is 2.62. The third kappa shape index (κ3) is 2.05. The summed E-state index contributed by atoms with van der Waals surface area (Å²) in [6.45, 7) is 8.43. The van der Waals surface area contributed by atoms with E-state index in [1.807, 2.05) is 67.3 Å². The molecule has 0 saturated heterocycles. The molecule has 1 aliphatic carbocycles. The van der Waals surface area contributed by atoms with Gasteiger partial charge in [-0.25, -0.2) is 0 Å². The Bertz CT molecular complexity index is 948. The van der Waals surface area contributed by atoms with Crippen LogP contribution >= 0.6 is 15.9 Å². The lowest BCUT2D eigenvalue weighted by atomic mass is 9.63. The number of Topliss-reactive ketones (excluding diaryl/α,β-unsaturated/α-hetero) is 1. The van der Waals surface area contributed by atoms with Crippen molar-refractivity contribution < 1.29 is 9.59 Å². The normalized spacial score (nSPS) is 23.8. The summed E-state index contributed by atoms with van der Waals surface area (Å²) >= 11 is 3.63. The number of para-hydroxylation sites is 1. The van der Waals surface area contributed by atoms with E-state index in [2.05, 4.69) is 22.5 Å². The Morgan fingerprint density at radius 2 is 1.77 bits per heavy atom. The molecule has 0 N–H and O–H groups in total. The molecule has 0 radical (unpaired) electrons. The molecular weight excluding hydrogens is 390 g/mol. The molecule has 1 heterocycles. The summed E-state index contributed by atoms with van der Waals surface area (Å²) in [5.74, 6) is -0.0314. The van der Waals surface area contributed by atoms with E-state index in [4.69, 9.17) is 0 Å². The Morgan fingerprint density at radius 1 is 1.08 bits per heavy atom. The molecule has 1 amide bonds. The molecule has 0 unspecified atom stereocenters. The van der Waals surface area contributed by atoms with Gasteiger partial charge in [0.1, 0.15) is 0 Å². The van der Waals surface area contributed by atoms with Gasteiger partial charge in [0.15, 0.2) is 5.78 Å². The number of rotatable bonds is 2. The van der Waals surface area contributed by atoms with Gasteiger partial charge in [0.25, 0.3) is 0 Å². The van der Waals surface area contributed by atoms with E-state index in [0.717, 1.165) is 21.3 Å². The van der Waals surface area contributed by atoms with Gasteiger partial charge in [-0.15, -0.1) is 0 Å². The Hall–Kier alpha value is -2.20. The number of halogens is 1. The predicted molar refractivity (Wildman–Crippen MR) is 106 cm³/mol. The fourth-order valence-electron chi connectivity index (χ4n) is 4.45. The Morgan fingerprint density at radius 3 is 2.38 bits per heavy atom. The summed E-state index contributed by atoms with van der Waals surface area (Å²) in [5.41, 5.74) is 1.89. The lowest BCUT2D eigenvalue weighted by Crippen LogP contribution is -2.47. The molecule has 26 heavy (non-hydrogen) atoms. The molecule has 4 heteroatoms. The Kier molecular flexibility index (Phi) is 3.74. The lowest BCUT2D eigenvalue weighted by Gasteiger charge is -2.36. The van der Waals surface area contributed by atoms with Crippen molar-refractivity contribution in [2.24, 2.45) is 5.41 Å². The molecular formula is C22H20BrNO2. The summed E-state index contributed by atoms with van der Waals surface area (Å²) in [6, 6.07) is 15.8. The molecule has 1 atom stereocenters. The molecule has 1 spiro atoms. The number of carbonyl (C=O) groups excluding carboxylic acids is 2. The van der Waals surface area contributed by atoms with Gasteiger partial charge in [0.2, 0.25) is 5.91 Å². The van der Waals surface area contributed by atoms with Gasteiger partial charge >= 0.3 is 0 Å². The molecule has 0 aromatic heterocycles. The fourth-order valence-corrected chi connectivity index (χ4v) is 5.03. The zero-order valence-corrected chi connectivity index (χ0v) is 16.5. The first kappa shape index (κ1) is 17.2. The van der Waals surface area contributed by atoms with E-state index < -0.39 is 10.8 Å². The van der Waals surface area contributed by atoms with Gasteiger partial charge in [-0.1, -0.05) is 62.9 Å². The average Bonchev–Trinajstić information content (AvgIpc) is 2.96. The molecule has 2 aliphatic rings.